The molecule has 0 unspecified atom stereocenters. The van der Waals surface area contributed by atoms with Crippen LogP contribution in [0.3, 0.4) is 0 Å². The van der Waals surface area contributed by atoms with E-state index in [9.17, 15) is 0 Å². The molecule has 1 aliphatic rings. The monoisotopic (exact) mass is 107 g/mol. The Morgan fingerprint density at radius 1 is 1.62 bits per heavy atom. The fraction of sp³-hybridized carbons (Fsp3) is 0.571. The van der Waals surface area contributed by atoms with Gasteiger partial charge in [-0.15, -0.1) is 0 Å². The van der Waals surface area contributed by atoms with Gasteiger partial charge in [0.25, 0.3) is 0 Å². The summed E-state index contributed by atoms with van der Waals surface area (Å²) in [5.74, 6) is 0.823. The van der Waals surface area contributed by atoms with Crippen LogP contribution in [-0.2, 0) is 0 Å². The number of nitriles is 1. The van der Waals surface area contributed by atoms with Gasteiger partial charge in [-0.05, 0) is 18.8 Å². The second-order valence-corrected chi connectivity index (χ2v) is 2.13. The van der Waals surface area contributed by atoms with Crippen molar-refractivity contribution in [1.29, 1.82) is 5.26 Å². The van der Waals surface area contributed by atoms with E-state index in [-0.39, 0.29) is 0 Å². The van der Waals surface area contributed by atoms with Gasteiger partial charge in [0.1, 0.15) is 0 Å². The van der Waals surface area contributed by atoms with E-state index in [1.165, 1.54) is 12.8 Å². The van der Waals surface area contributed by atoms with Crippen LogP contribution < -0.4 is 0 Å². The van der Waals surface area contributed by atoms with Crippen molar-refractivity contribution in [2.24, 2.45) is 5.92 Å². The van der Waals surface area contributed by atoms with Gasteiger partial charge in [-0.25, -0.2) is 0 Å². The van der Waals surface area contributed by atoms with Gasteiger partial charge in [-0.3, -0.25) is 0 Å². The van der Waals surface area contributed by atoms with E-state index in [0.717, 1.165) is 5.92 Å². The largest absolute Gasteiger partial charge is 0.198 e. The molecule has 0 amide bonds. The molecular weight excluding hydrogens is 98.1 g/mol. The summed E-state index contributed by atoms with van der Waals surface area (Å²) >= 11 is 0. The summed E-state index contributed by atoms with van der Waals surface area (Å²) in [4.78, 5) is 0. The number of hydrogen-bond acceptors (Lipinski definition) is 1. The van der Waals surface area contributed by atoms with E-state index in [2.05, 4.69) is 12.1 Å². The Bertz CT molecular complexity index is 126. The summed E-state index contributed by atoms with van der Waals surface area (Å²) in [7, 11) is 0. The Morgan fingerprint density at radius 3 is 2.88 bits per heavy atom. The highest BCUT2D eigenvalue weighted by Crippen LogP contribution is 2.29. The lowest BCUT2D eigenvalue weighted by Crippen LogP contribution is -1.61. The predicted molar refractivity (Wildman–Crippen MR) is 32.1 cm³/mol. The Hall–Kier alpha value is -0.770. The molecule has 0 N–H and O–H groups in total. The molecule has 0 aliphatic heterocycles. The van der Waals surface area contributed by atoms with Gasteiger partial charge in [0.15, 0.2) is 0 Å². The molecular formula is C7H9N. The van der Waals surface area contributed by atoms with E-state index < -0.39 is 0 Å². The summed E-state index contributed by atoms with van der Waals surface area (Å²) in [5.41, 5.74) is 0. The molecule has 8 heavy (non-hydrogen) atoms. The Labute approximate surface area is 49.6 Å². The van der Waals surface area contributed by atoms with Crippen LogP contribution in [0.25, 0.3) is 0 Å². The molecule has 0 aromatic heterocycles. The third-order valence-corrected chi connectivity index (χ3v) is 1.24. The highest BCUT2D eigenvalue weighted by atomic mass is 14.2. The molecule has 1 fully saturated rings. The highest BCUT2D eigenvalue weighted by Gasteiger charge is 2.16. The second kappa shape index (κ2) is 2.52. The minimum absolute atomic E-state index is 0.580. The standard InChI is InChI=1S/C7H9N/c8-6-2-1-3-7-4-5-7/h1,3,7H,2,4-5H2. The van der Waals surface area contributed by atoms with E-state index in [4.69, 9.17) is 5.26 Å². The van der Waals surface area contributed by atoms with Gasteiger partial charge < -0.3 is 0 Å². The van der Waals surface area contributed by atoms with Crippen LogP contribution in [0, 0.1) is 17.2 Å². The van der Waals surface area contributed by atoms with Crippen molar-refractivity contribution in [3.8, 4) is 6.07 Å². The maximum Gasteiger partial charge on any atom is 0.0663 e. The molecule has 1 saturated carbocycles. The molecule has 1 rings (SSSR count). The zero-order chi connectivity index (χ0) is 5.82. The lowest BCUT2D eigenvalue weighted by Gasteiger charge is -1.74. The maximum absolute atomic E-state index is 8.10. The molecule has 0 heterocycles. The maximum atomic E-state index is 8.10. The van der Waals surface area contributed by atoms with Gasteiger partial charge in [-0.2, -0.15) is 5.26 Å². The van der Waals surface area contributed by atoms with Crippen molar-refractivity contribution < 1.29 is 0 Å². The van der Waals surface area contributed by atoms with Crippen molar-refractivity contribution in [3.05, 3.63) is 12.2 Å². The molecule has 0 radical (unpaired) electrons. The fourth-order valence-electron chi connectivity index (χ4n) is 0.602. The molecule has 0 bridgehead atoms. The third kappa shape index (κ3) is 1.79. The van der Waals surface area contributed by atoms with E-state index >= 15 is 0 Å². The zero-order valence-corrected chi connectivity index (χ0v) is 4.80. The molecule has 1 aliphatic carbocycles. The summed E-state index contributed by atoms with van der Waals surface area (Å²) in [6.45, 7) is 0. The molecule has 0 aromatic carbocycles. The van der Waals surface area contributed by atoms with Crippen LogP contribution in [0.15, 0.2) is 12.2 Å². The Kier molecular flexibility index (Phi) is 1.69. The summed E-state index contributed by atoms with van der Waals surface area (Å²) < 4.78 is 0. The molecule has 0 saturated heterocycles. The summed E-state index contributed by atoms with van der Waals surface area (Å²) in [6.07, 6.45) is 7.35. The van der Waals surface area contributed by atoms with Crippen LogP contribution in [-0.4, -0.2) is 0 Å². The number of hydrogen-bond donors (Lipinski definition) is 0. The number of allylic oxidation sites excluding steroid dienone is 2. The Balaban J connectivity index is 2.07. The molecule has 1 heteroatoms. The minimum atomic E-state index is 0.580. The van der Waals surface area contributed by atoms with E-state index in [0.29, 0.717) is 6.42 Å². The summed E-state index contributed by atoms with van der Waals surface area (Å²) in [5, 5.41) is 8.10. The highest BCUT2D eigenvalue weighted by molar-refractivity contribution is 4.99. The summed E-state index contributed by atoms with van der Waals surface area (Å²) in [6, 6.07) is 2.06. The first-order valence-electron chi connectivity index (χ1n) is 2.97. The SMILES string of the molecule is N#CCC=CC1CC1. The topological polar surface area (TPSA) is 23.8 Å². The third-order valence-electron chi connectivity index (χ3n) is 1.24. The normalized spacial score (nSPS) is 18.9. The second-order valence-electron chi connectivity index (χ2n) is 2.13. The zero-order valence-electron chi connectivity index (χ0n) is 4.80. The first-order chi connectivity index (χ1) is 3.93. The average Bonchev–Trinajstić information content (AvgIpc) is 2.51. The quantitative estimate of drug-likeness (QED) is 0.494. The molecule has 0 aromatic rings. The van der Waals surface area contributed by atoms with Crippen molar-refractivity contribution in [2.45, 2.75) is 19.3 Å². The van der Waals surface area contributed by atoms with Gasteiger partial charge in [0, 0.05) is 0 Å². The molecule has 42 valence electrons. The van der Waals surface area contributed by atoms with Crippen LogP contribution in [0.4, 0.5) is 0 Å². The minimum Gasteiger partial charge on any atom is -0.198 e. The lowest BCUT2D eigenvalue weighted by atomic mass is 10.3. The van der Waals surface area contributed by atoms with Crippen molar-refractivity contribution in [1.82, 2.24) is 0 Å². The van der Waals surface area contributed by atoms with Crippen LogP contribution >= 0.6 is 0 Å². The van der Waals surface area contributed by atoms with Gasteiger partial charge in [-0.1, -0.05) is 12.2 Å². The Morgan fingerprint density at radius 2 is 2.38 bits per heavy atom. The van der Waals surface area contributed by atoms with Gasteiger partial charge in [0.2, 0.25) is 0 Å². The smallest absolute Gasteiger partial charge is 0.0663 e. The fourth-order valence-corrected chi connectivity index (χ4v) is 0.602. The van der Waals surface area contributed by atoms with Gasteiger partial charge >= 0.3 is 0 Å². The van der Waals surface area contributed by atoms with Gasteiger partial charge in [0.05, 0.1) is 12.5 Å². The lowest BCUT2D eigenvalue weighted by molar-refractivity contribution is 1.11. The van der Waals surface area contributed by atoms with Crippen LogP contribution in [0.5, 0.6) is 0 Å². The molecule has 0 spiro atoms. The van der Waals surface area contributed by atoms with Crippen LogP contribution in [0.2, 0.25) is 0 Å². The van der Waals surface area contributed by atoms with Crippen molar-refractivity contribution in [2.75, 3.05) is 0 Å². The first kappa shape index (κ1) is 5.37. The number of rotatable bonds is 2. The predicted octanol–water partition coefficient (Wildman–Crippen LogP) is 1.87. The van der Waals surface area contributed by atoms with E-state index in [1.54, 1.807) is 0 Å². The van der Waals surface area contributed by atoms with Crippen LogP contribution in [0.1, 0.15) is 19.3 Å². The molecule has 0 atom stereocenters. The first-order valence-corrected chi connectivity index (χ1v) is 2.97. The van der Waals surface area contributed by atoms with Crippen molar-refractivity contribution in [3.63, 3.8) is 0 Å². The van der Waals surface area contributed by atoms with E-state index in [1.807, 2.05) is 6.08 Å². The molecule has 1 nitrogen and oxygen atoms in total. The van der Waals surface area contributed by atoms with Crippen molar-refractivity contribution >= 4 is 0 Å². The number of nitrogens with zero attached hydrogens (tertiary/aromatic N) is 1. The average molecular weight is 107 g/mol.